The Morgan fingerprint density at radius 1 is 1.08 bits per heavy atom. The third-order valence-electron chi connectivity index (χ3n) is 8.49. The van der Waals surface area contributed by atoms with Crippen molar-refractivity contribution in [3.63, 3.8) is 0 Å². The number of nitrogens with one attached hydrogen (secondary N) is 1. The zero-order valence-electron chi connectivity index (χ0n) is 28.1. The number of hydrogen-bond acceptors (Lipinski definition) is 8. The van der Waals surface area contributed by atoms with Crippen molar-refractivity contribution in [3.8, 4) is 0 Å². The van der Waals surface area contributed by atoms with Crippen LogP contribution in [0, 0.1) is 18.8 Å². The number of nitrogens with zero attached hydrogens (tertiary/aromatic N) is 4. The number of sulfonamides is 1. The smallest absolute Gasteiger partial charge is 0.321 e. The molecule has 0 aliphatic carbocycles. The number of amides is 3. The lowest BCUT2D eigenvalue weighted by atomic mass is 9.97. The van der Waals surface area contributed by atoms with Crippen LogP contribution in [-0.4, -0.2) is 88.9 Å². The van der Waals surface area contributed by atoms with Gasteiger partial charge in [0, 0.05) is 36.9 Å². The highest BCUT2D eigenvalue weighted by Crippen LogP contribution is 2.25. The van der Waals surface area contributed by atoms with E-state index < -0.39 is 34.1 Å². The lowest BCUT2D eigenvalue weighted by Gasteiger charge is -2.34. The molecule has 4 aromatic rings. The van der Waals surface area contributed by atoms with E-state index in [4.69, 9.17) is 4.42 Å². The number of aliphatic hydroxyl groups is 1. The third kappa shape index (κ3) is 8.25. The predicted octanol–water partition coefficient (Wildman–Crippen LogP) is 4.90. The van der Waals surface area contributed by atoms with Gasteiger partial charge in [-0.05, 0) is 55.0 Å². The van der Waals surface area contributed by atoms with E-state index in [1.807, 2.05) is 70.3 Å². The molecule has 13 heteroatoms. The largest absolute Gasteiger partial charge is 0.464 e. The summed E-state index contributed by atoms with van der Waals surface area (Å²) in [6, 6.07) is 14.0. The molecule has 2 aromatic heterocycles. The Hall–Kier alpha value is -3.78. The van der Waals surface area contributed by atoms with Crippen molar-refractivity contribution < 1.29 is 27.5 Å². The molecule has 3 heterocycles. The number of urea groups is 1. The second kappa shape index (κ2) is 15.2. The number of benzene rings is 2. The van der Waals surface area contributed by atoms with Gasteiger partial charge in [-0.25, -0.2) is 18.2 Å². The summed E-state index contributed by atoms with van der Waals surface area (Å²) in [5.74, 6) is -0.650. The van der Waals surface area contributed by atoms with Gasteiger partial charge in [-0.15, -0.1) is 11.3 Å². The van der Waals surface area contributed by atoms with Gasteiger partial charge in [-0.1, -0.05) is 58.0 Å². The lowest BCUT2D eigenvalue weighted by Crippen LogP contribution is -2.57. The van der Waals surface area contributed by atoms with Gasteiger partial charge in [0.15, 0.2) is 0 Å². The van der Waals surface area contributed by atoms with Gasteiger partial charge < -0.3 is 24.6 Å². The van der Waals surface area contributed by atoms with E-state index in [0.29, 0.717) is 30.6 Å². The Bertz CT molecular complexity index is 1810. The van der Waals surface area contributed by atoms with Crippen molar-refractivity contribution in [3.05, 3.63) is 82.5 Å². The Labute approximate surface area is 286 Å². The van der Waals surface area contributed by atoms with Gasteiger partial charge in [-0.2, -0.15) is 4.31 Å². The van der Waals surface area contributed by atoms with E-state index in [1.165, 1.54) is 28.0 Å². The number of hydrogen-bond donors (Lipinski definition) is 2. The standard InChI is InChI=1S/C35H45N5O6S2/c1-23(2)19-39(48(44,45)29-11-12-32-27(18-29)13-16-46-32)21-31(41)30(17-26-9-7-6-8-10-26)37-34(42)33(24(3)4)40-15-14-38(35(40)43)20-28-22-47-25(5)36-28/h6-13,16,18,22-24,30-31,33,41H,14-15,17,19-21H2,1-5H3,(H,37,42)/t30-,31+,33-/m0/s1. The highest BCUT2D eigenvalue weighted by atomic mass is 32.2. The number of furan rings is 1. The second-order valence-electron chi connectivity index (χ2n) is 13.2. The van der Waals surface area contributed by atoms with E-state index in [9.17, 15) is 23.1 Å². The number of aliphatic hydroxyl groups excluding tert-OH is 1. The first kappa shape index (κ1) is 35.5. The van der Waals surface area contributed by atoms with Gasteiger partial charge in [-0.3, -0.25) is 4.79 Å². The number of carbonyl (C=O) groups excluding carboxylic acids is 2. The Balaban J connectivity index is 1.37. The summed E-state index contributed by atoms with van der Waals surface area (Å²) in [5.41, 5.74) is 2.26. The van der Waals surface area contributed by atoms with Crippen molar-refractivity contribution in [2.24, 2.45) is 11.8 Å². The number of aromatic nitrogens is 1. The molecule has 0 bridgehead atoms. The van der Waals surface area contributed by atoms with Crippen LogP contribution < -0.4 is 5.32 Å². The topological polar surface area (TPSA) is 136 Å². The predicted molar refractivity (Wildman–Crippen MR) is 186 cm³/mol. The quantitative estimate of drug-likeness (QED) is 0.181. The highest BCUT2D eigenvalue weighted by molar-refractivity contribution is 7.89. The van der Waals surface area contributed by atoms with E-state index in [2.05, 4.69) is 10.3 Å². The first-order valence-electron chi connectivity index (χ1n) is 16.3. The lowest BCUT2D eigenvalue weighted by molar-refractivity contribution is -0.128. The summed E-state index contributed by atoms with van der Waals surface area (Å²) in [6.07, 6.45) is 0.512. The maximum atomic E-state index is 14.1. The molecule has 1 saturated heterocycles. The summed E-state index contributed by atoms with van der Waals surface area (Å²) in [7, 11) is -4.02. The molecule has 2 aromatic carbocycles. The van der Waals surface area contributed by atoms with Crippen LogP contribution in [0.25, 0.3) is 11.0 Å². The number of rotatable bonds is 15. The zero-order valence-corrected chi connectivity index (χ0v) is 29.7. The van der Waals surface area contributed by atoms with Crippen molar-refractivity contribution in [1.29, 1.82) is 0 Å². The summed E-state index contributed by atoms with van der Waals surface area (Å²) >= 11 is 1.53. The molecule has 1 fully saturated rings. The molecular weight excluding hydrogens is 651 g/mol. The maximum absolute atomic E-state index is 14.1. The van der Waals surface area contributed by atoms with Gasteiger partial charge in [0.25, 0.3) is 0 Å². The fraction of sp³-hybridized carbons (Fsp3) is 0.457. The first-order valence-corrected chi connectivity index (χ1v) is 18.6. The number of thiazole rings is 1. The van der Waals surface area contributed by atoms with Crippen LogP contribution in [0.3, 0.4) is 0 Å². The normalized spacial score (nSPS) is 16.0. The van der Waals surface area contributed by atoms with Crippen LogP contribution in [0.2, 0.25) is 0 Å². The molecule has 48 heavy (non-hydrogen) atoms. The van der Waals surface area contributed by atoms with Gasteiger partial charge in [0.05, 0.1) is 40.6 Å². The Morgan fingerprint density at radius 3 is 2.50 bits per heavy atom. The van der Waals surface area contributed by atoms with E-state index >= 15 is 0 Å². The van der Waals surface area contributed by atoms with Crippen molar-refractivity contribution >= 4 is 44.3 Å². The molecule has 3 atom stereocenters. The van der Waals surface area contributed by atoms with Crippen molar-refractivity contribution in [1.82, 2.24) is 24.4 Å². The third-order valence-corrected chi connectivity index (χ3v) is 11.1. The minimum Gasteiger partial charge on any atom is -0.464 e. The average Bonchev–Trinajstić information content (AvgIpc) is 3.77. The van der Waals surface area contributed by atoms with Crippen LogP contribution in [0.4, 0.5) is 4.79 Å². The molecule has 0 saturated carbocycles. The Kier molecular flexibility index (Phi) is 11.2. The van der Waals surface area contributed by atoms with Crippen LogP contribution in [0.5, 0.6) is 0 Å². The SMILES string of the molecule is Cc1nc(CN2CCN([C@H](C(=O)N[C@@H](Cc3ccccc3)[C@H](O)CN(CC(C)C)S(=O)(=O)c3ccc4occc4c3)C(C)C)C2=O)cs1. The van der Waals surface area contributed by atoms with Crippen LogP contribution >= 0.6 is 11.3 Å². The van der Waals surface area contributed by atoms with Crippen molar-refractivity contribution in [2.75, 3.05) is 26.2 Å². The fourth-order valence-electron chi connectivity index (χ4n) is 6.17. The van der Waals surface area contributed by atoms with Crippen LogP contribution in [0.15, 0.2) is 75.6 Å². The minimum atomic E-state index is -4.02. The number of aryl methyl sites for hydroxylation is 1. The van der Waals surface area contributed by atoms with E-state index in [-0.39, 0.29) is 42.3 Å². The summed E-state index contributed by atoms with van der Waals surface area (Å²) in [4.78, 5) is 35.5. The molecule has 1 aliphatic rings. The van der Waals surface area contributed by atoms with E-state index in [1.54, 1.807) is 28.0 Å². The van der Waals surface area contributed by atoms with Gasteiger partial charge in [0.2, 0.25) is 15.9 Å². The summed E-state index contributed by atoms with van der Waals surface area (Å²) < 4.78 is 34.7. The zero-order chi connectivity index (χ0) is 34.6. The molecule has 1 aliphatic heterocycles. The molecule has 0 spiro atoms. The summed E-state index contributed by atoms with van der Waals surface area (Å²) in [6.45, 7) is 10.7. The Morgan fingerprint density at radius 2 is 1.83 bits per heavy atom. The van der Waals surface area contributed by atoms with Gasteiger partial charge in [0.1, 0.15) is 11.6 Å². The van der Waals surface area contributed by atoms with E-state index in [0.717, 1.165) is 16.3 Å². The molecular formula is C35H45N5O6S2. The fourth-order valence-corrected chi connectivity index (χ4v) is 8.44. The average molecular weight is 696 g/mol. The molecule has 5 rings (SSSR count). The van der Waals surface area contributed by atoms with Crippen LogP contribution in [0.1, 0.15) is 44.0 Å². The molecule has 2 N–H and O–H groups in total. The second-order valence-corrected chi connectivity index (χ2v) is 16.2. The maximum Gasteiger partial charge on any atom is 0.321 e. The van der Waals surface area contributed by atoms with Crippen LogP contribution in [-0.2, 0) is 27.8 Å². The molecule has 0 radical (unpaired) electrons. The number of fused-ring (bicyclic) bond motifs is 1. The summed E-state index contributed by atoms with van der Waals surface area (Å²) in [5, 5.41) is 18.3. The highest BCUT2D eigenvalue weighted by Gasteiger charge is 2.40. The minimum absolute atomic E-state index is 0.0329. The first-order chi connectivity index (χ1) is 22.8. The van der Waals surface area contributed by atoms with Gasteiger partial charge >= 0.3 is 6.03 Å². The molecule has 11 nitrogen and oxygen atoms in total. The molecule has 3 amide bonds. The number of carbonyl (C=O) groups is 2. The van der Waals surface area contributed by atoms with Crippen molar-refractivity contribution in [2.45, 2.75) is 70.7 Å². The molecule has 258 valence electrons. The monoisotopic (exact) mass is 695 g/mol. The molecule has 0 unspecified atom stereocenters.